The van der Waals surface area contributed by atoms with Crippen LogP contribution < -0.4 is 10.1 Å². The van der Waals surface area contributed by atoms with Crippen molar-refractivity contribution in [2.75, 3.05) is 11.9 Å². The van der Waals surface area contributed by atoms with Gasteiger partial charge in [0.05, 0.1) is 12.3 Å². The summed E-state index contributed by atoms with van der Waals surface area (Å²) >= 11 is 1.61. The van der Waals surface area contributed by atoms with Gasteiger partial charge in [0, 0.05) is 16.6 Å². The number of aromatic nitrogens is 1. The van der Waals surface area contributed by atoms with Gasteiger partial charge < -0.3 is 10.1 Å². The molecule has 0 saturated heterocycles. The van der Waals surface area contributed by atoms with Gasteiger partial charge in [-0.1, -0.05) is 12.1 Å². The summed E-state index contributed by atoms with van der Waals surface area (Å²) in [6.07, 6.45) is 0. The maximum absolute atomic E-state index is 5.45. The molecule has 0 amide bonds. The molecule has 0 saturated carbocycles. The minimum atomic E-state index is 0. The molecule has 0 bridgehead atoms. The summed E-state index contributed by atoms with van der Waals surface area (Å²) in [7, 11) is 0. The van der Waals surface area contributed by atoms with Crippen molar-refractivity contribution in [3.63, 3.8) is 0 Å². The molecule has 126 valence electrons. The van der Waals surface area contributed by atoms with Crippen molar-refractivity contribution in [3.8, 4) is 17.0 Å². The van der Waals surface area contributed by atoms with Gasteiger partial charge in [-0.3, -0.25) is 0 Å². The maximum atomic E-state index is 5.45. The van der Waals surface area contributed by atoms with Crippen LogP contribution in [0.15, 0.2) is 47.8 Å². The number of hydrogen-bond acceptors (Lipinski definition) is 4. The van der Waals surface area contributed by atoms with E-state index in [1.165, 1.54) is 11.1 Å². The zero-order chi connectivity index (χ0) is 16.2. The number of anilines is 2. The largest absolute Gasteiger partial charge is 0.494 e. The van der Waals surface area contributed by atoms with Crippen LogP contribution in [0.4, 0.5) is 10.8 Å². The van der Waals surface area contributed by atoms with Crippen LogP contribution in [-0.2, 0) is 0 Å². The molecule has 24 heavy (non-hydrogen) atoms. The Balaban J connectivity index is 0.00000208. The number of rotatable bonds is 5. The van der Waals surface area contributed by atoms with Crippen LogP contribution in [0.2, 0.25) is 0 Å². The number of nitrogens with one attached hydrogen (secondary N) is 1. The van der Waals surface area contributed by atoms with E-state index in [1.807, 2.05) is 31.2 Å². The second-order valence-corrected chi connectivity index (χ2v) is 6.28. The van der Waals surface area contributed by atoms with Crippen LogP contribution in [0.5, 0.6) is 5.75 Å². The minimum absolute atomic E-state index is 0. The first-order valence-electron chi connectivity index (χ1n) is 7.69. The standard InChI is InChI=1S/C19H20N2OS.BrH/c1-4-22-17-9-7-16(8-10-17)20-19-21-18(12-23-19)15-6-5-13(2)14(3)11-15;/h5-12H,4H2,1-3H3,(H,20,21);1H. The summed E-state index contributed by atoms with van der Waals surface area (Å²) in [6.45, 7) is 6.91. The first-order valence-corrected chi connectivity index (χ1v) is 8.56. The molecule has 0 atom stereocenters. The lowest BCUT2D eigenvalue weighted by Crippen LogP contribution is -1.93. The number of aryl methyl sites for hydroxylation is 2. The molecule has 0 aliphatic rings. The van der Waals surface area contributed by atoms with Gasteiger partial charge in [0.25, 0.3) is 0 Å². The van der Waals surface area contributed by atoms with Crippen molar-refractivity contribution in [2.45, 2.75) is 20.8 Å². The van der Waals surface area contributed by atoms with Gasteiger partial charge in [0.1, 0.15) is 5.75 Å². The molecule has 5 heteroatoms. The molecule has 1 heterocycles. The molecule has 0 unspecified atom stereocenters. The molecule has 0 radical (unpaired) electrons. The summed E-state index contributed by atoms with van der Waals surface area (Å²) in [5.74, 6) is 0.882. The van der Waals surface area contributed by atoms with Gasteiger partial charge in [0.15, 0.2) is 5.13 Å². The molecule has 3 nitrogen and oxygen atoms in total. The van der Waals surface area contributed by atoms with Crippen molar-refractivity contribution < 1.29 is 4.74 Å². The van der Waals surface area contributed by atoms with E-state index >= 15 is 0 Å². The Kier molecular flexibility index (Phi) is 6.40. The molecular weight excluding hydrogens is 384 g/mol. The van der Waals surface area contributed by atoms with Crippen molar-refractivity contribution in [2.24, 2.45) is 0 Å². The molecular formula is C19H21BrN2OS. The molecule has 3 aromatic rings. The monoisotopic (exact) mass is 404 g/mol. The third-order valence-corrected chi connectivity index (χ3v) is 4.48. The molecule has 2 aromatic carbocycles. The third-order valence-electron chi connectivity index (χ3n) is 3.72. The molecule has 0 aliphatic heterocycles. The van der Waals surface area contributed by atoms with Crippen LogP contribution in [0.25, 0.3) is 11.3 Å². The number of hydrogen-bond donors (Lipinski definition) is 1. The second-order valence-electron chi connectivity index (χ2n) is 5.42. The average Bonchev–Trinajstić information content (AvgIpc) is 3.01. The Morgan fingerprint density at radius 2 is 1.79 bits per heavy atom. The number of thiazole rings is 1. The summed E-state index contributed by atoms with van der Waals surface area (Å²) < 4.78 is 5.45. The predicted molar refractivity (Wildman–Crippen MR) is 108 cm³/mol. The summed E-state index contributed by atoms with van der Waals surface area (Å²) in [4.78, 5) is 4.68. The lowest BCUT2D eigenvalue weighted by atomic mass is 10.1. The van der Waals surface area contributed by atoms with Crippen LogP contribution in [0.1, 0.15) is 18.1 Å². The topological polar surface area (TPSA) is 34.1 Å². The highest BCUT2D eigenvalue weighted by Crippen LogP contribution is 2.28. The van der Waals surface area contributed by atoms with E-state index in [0.717, 1.165) is 27.8 Å². The molecule has 1 aromatic heterocycles. The zero-order valence-electron chi connectivity index (χ0n) is 14.0. The van der Waals surface area contributed by atoms with Gasteiger partial charge in [-0.15, -0.1) is 28.3 Å². The fourth-order valence-corrected chi connectivity index (χ4v) is 3.03. The number of benzene rings is 2. The highest BCUT2D eigenvalue weighted by Gasteiger charge is 2.06. The van der Waals surface area contributed by atoms with Gasteiger partial charge in [-0.05, 0) is 62.2 Å². The van der Waals surface area contributed by atoms with Gasteiger partial charge in [0.2, 0.25) is 0 Å². The van der Waals surface area contributed by atoms with Gasteiger partial charge in [-0.25, -0.2) is 4.98 Å². The van der Waals surface area contributed by atoms with E-state index in [1.54, 1.807) is 11.3 Å². The Morgan fingerprint density at radius 3 is 2.46 bits per heavy atom. The van der Waals surface area contributed by atoms with E-state index in [9.17, 15) is 0 Å². The van der Waals surface area contributed by atoms with Crippen molar-refractivity contribution in [1.82, 2.24) is 4.98 Å². The number of nitrogens with zero attached hydrogens (tertiary/aromatic N) is 1. The molecule has 3 rings (SSSR count). The van der Waals surface area contributed by atoms with E-state index in [4.69, 9.17) is 4.74 Å². The average molecular weight is 405 g/mol. The fraction of sp³-hybridized carbons (Fsp3) is 0.211. The highest BCUT2D eigenvalue weighted by molar-refractivity contribution is 8.93. The van der Waals surface area contributed by atoms with Crippen molar-refractivity contribution in [1.29, 1.82) is 0 Å². The Labute approximate surface area is 157 Å². The smallest absolute Gasteiger partial charge is 0.187 e. The van der Waals surface area contributed by atoms with Crippen LogP contribution in [0, 0.1) is 13.8 Å². The Morgan fingerprint density at radius 1 is 1.04 bits per heavy atom. The molecule has 1 N–H and O–H groups in total. The summed E-state index contributed by atoms with van der Waals surface area (Å²) in [6, 6.07) is 14.4. The van der Waals surface area contributed by atoms with Crippen molar-refractivity contribution >= 4 is 39.1 Å². The first-order chi connectivity index (χ1) is 11.2. The fourth-order valence-electron chi connectivity index (χ4n) is 2.29. The van der Waals surface area contributed by atoms with E-state index in [0.29, 0.717) is 6.61 Å². The van der Waals surface area contributed by atoms with E-state index in [-0.39, 0.29) is 17.0 Å². The first kappa shape index (κ1) is 18.5. The molecule has 0 fully saturated rings. The maximum Gasteiger partial charge on any atom is 0.187 e. The van der Waals surface area contributed by atoms with E-state index in [2.05, 4.69) is 47.7 Å². The number of ether oxygens (including phenoxy) is 1. The van der Waals surface area contributed by atoms with Crippen LogP contribution >= 0.6 is 28.3 Å². The summed E-state index contributed by atoms with van der Waals surface area (Å²) in [5.41, 5.74) is 5.76. The second kappa shape index (κ2) is 8.31. The zero-order valence-corrected chi connectivity index (χ0v) is 16.5. The van der Waals surface area contributed by atoms with Gasteiger partial charge >= 0.3 is 0 Å². The SMILES string of the molecule is Br.CCOc1ccc(Nc2nc(-c3ccc(C)c(C)c3)cs2)cc1. The molecule has 0 aliphatic carbocycles. The lowest BCUT2D eigenvalue weighted by Gasteiger charge is -2.05. The minimum Gasteiger partial charge on any atom is -0.494 e. The van der Waals surface area contributed by atoms with Crippen LogP contribution in [-0.4, -0.2) is 11.6 Å². The lowest BCUT2D eigenvalue weighted by molar-refractivity contribution is 0.340. The highest BCUT2D eigenvalue weighted by atomic mass is 79.9. The summed E-state index contributed by atoms with van der Waals surface area (Å²) in [5, 5.41) is 6.32. The third kappa shape index (κ3) is 4.36. The normalized spacial score (nSPS) is 10.1. The van der Waals surface area contributed by atoms with Gasteiger partial charge in [-0.2, -0.15) is 0 Å². The predicted octanol–water partition coefficient (Wildman–Crippen LogP) is 6.15. The van der Waals surface area contributed by atoms with E-state index < -0.39 is 0 Å². The Hall–Kier alpha value is -1.85. The number of halogens is 1. The quantitative estimate of drug-likeness (QED) is 0.553. The van der Waals surface area contributed by atoms with Crippen molar-refractivity contribution in [3.05, 3.63) is 59.0 Å². The molecule has 0 spiro atoms. The van der Waals surface area contributed by atoms with Crippen LogP contribution in [0.3, 0.4) is 0 Å². The Bertz CT molecular complexity index is 799.